The summed E-state index contributed by atoms with van der Waals surface area (Å²) in [6.07, 6.45) is 2.23. The second-order valence-electron chi connectivity index (χ2n) is 6.23. The second-order valence-corrected chi connectivity index (χ2v) is 6.23. The highest BCUT2D eigenvalue weighted by Gasteiger charge is 2.25. The third-order valence-corrected chi connectivity index (χ3v) is 4.39. The average molecular weight is 324 g/mol. The number of hydrogen-bond donors (Lipinski definition) is 1. The number of piperidine rings is 1. The van der Waals surface area contributed by atoms with Crippen molar-refractivity contribution in [1.29, 1.82) is 0 Å². The predicted molar refractivity (Wildman–Crippen MR) is 95.5 cm³/mol. The van der Waals surface area contributed by atoms with Gasteiger partial charge in [0.05, 0.1) is 5.56 Å². The van der Waals surface area contributed by atoms with Gasteiger partial charge in [-0.15, -0.1) is 0 Å². The Hall–Kier alpha value is -2.33. The SMILES string of the molecule is CNCC1CCCN(C(=O)c2ccccc2Oc2ccccc2)C1. The Balaban J connectivity index is 1.77. The van der Waals surface area contributed by atoms with E-state index in [1.165, 1.54) is 6.42 Å². The van der Waals surface area contributed by atoms with Gasteiger partial charge in [-0.2, -0.15) is 0 Å². The molecule has 1 fully saturated rings. The van der Waals surface area contributed by atoms with Crippen LogP contribution in [-0.4, -0.2) is 37.5 Å². The van der Waals surface area contributed by atoms with Crippen LogP contribution in [0.15, 0.2) is 54.6 Å². The van der Waals surface area contributed by atoms with Crippen molar-refractivity contribution < 1.29 is 9.53 Å². The van der Waals surface area contributed by atoms with Crippen LogP contribution in [0.1, 0.15) is 23.2 Å². The Bertz CT molecular complexity index is 670. The third kappa shape index (κ3) is 3.95. The van der Waals surface area contributed by atoms with Crippen LogP contribution in [-0.2, 0) is 0 Å². The lowest BCUT2D eigenvalue weighted by Crippen LogP contribution is -2.42. The molecule has 0 radical (unpaired) electrons. The van der Waals surface area contributed by atoms with E-state index in [1.54, 1.807) is 0 Å². The van der Waals surface area contributed by atoms with Gasteiger partial charge in [-0.3, -0.25) is 4.79 Å². The van der Waals surface area contributed by atoms with Gasteiger partial charge in [0.2, 0.25) is 0 Å². The lowest BCUT2D eigenvalue weighted by molar-refractivity contribution is 0.0671. The number of benzene rings is 2. The fourth-order valence-corrected chi connectivity index (χ4v) is 3.22. The molecule has 0 aromatic heterocycles. The minimum atomic E-state index is 0.0577. The van der Waals surface area contributed by atoms with Crippen molar-refractivity contribution in [3.8, 4) is 11.5 Å². The molecule has 0 saturated carbocycles. The molecule has 1 aliphatic heterocycles. The largest absolute Gasteiger partial charge is 0.457 e. The molecule has 24 heavy (non-hydrogen) atoms. The minimum Gasteiger partial charge on any atom is -0.457 e. The fraction of sp³-hybridized carbons (Fsp3) is 0.350. The summed E-state index contributed by atoms with van der Waals surface area (Å²) >= 11 is 0. The third-order valence-electron chi connectivity index (χ3n) is 4.39. The predicted octanol–water partition coefficient (Wildman–Crippen LogP) is 3.55. The van der Waals surface area contributed by atoms with Gasteiger partial charge in [0.1, 0.15) is 11.5 Å². The first-order chi connectivity index (χ1) is 11.8. The van der Waals surface area contributed by atoms with Crippen LogP contribution >= 0.6 is 0 Å². The molecule has 0 spiro atoms. The van der Waals surface area contributed by atoms with Crippen molar-refractivity contribution in [2.24, 2.45) is 5.92 Å². The molecule has 1 atom stereocenters. The number of rotatable bonds is 5. The van der Waals surface area contributed by atoms with Crippen LogP contribution in [0, 0.1) is 5.92 Å². The van der Waals surface area contributed by atoms with Gasteiger partial charge < -0.3 is 15.0 Å². The molecule has 4 nitrogen and oxygen atoms in total. The van der Waals surface area contributed by atoms with Gasteiger partial charge in [0, 0.05) is 13.1 Å². The minimum absolute atomic E-state index is 0.0577. The number of ether oxygens (including phenoxy) is 1. The molecule has 1 heterocycles. The monoisotopic (exact) mass is 324 g/mol. The number of nitrogens with one attached hydrogen (secondary N) is 1. The van der Waals surface area contributed by atoms with Crippen LogP contribution in [0.3, 0.4) is 0 Å². The number of carbonyl (C=O) groups is 1. The zero-order valence-electron chi connectivity index (χ0n) is 14.1. The van der Waals surface area contributed by atoms with Crippen LogP contribution in [0.4, 0.5) is 0 Å². The molecule has 0 aliphatic carbocycles. The number of carbonyl (C=O) groups excluding carboxylic acids is 1. The fourth-order valence-electron chi connectivity index (χ4n) is 3.22. The van der Waals surface area contributed by atoms with E-state index < -0.39 is 0 Å². The Morgan fingerprint density at radius 1 is 1.17 bits per heavy atom. The molecule has 0 bridgehead atoms. The first-order valence-corrected chi connectivity index (χ1v) is 8.53. The summed E-state index contributed by atoms with van der Waals surface area (Å²) in [6, 6.07) is 17.1. The van der Waals surface area contributed by atoms with E-state index >= 15 is 0 Å². The molecule has 1 aliphatic rings. The standard InChI is InChI=1S/C20H24N2O2/c1-21-14-16-8-7-13-22(15-16)20(23)18-11-5-6-12-19(18)24-17-9-3-2-4-10-17/h2-6,9-12,16,21H,7-8,13-15H2,1H3. The highest BCUT2D eigenvalue weighted by Crippen LogP contribution is 2.27. The number of hydrogen-bond acceptors (Lipinski definition) is 3. The molecule has 3 rings (SSSR count). The highest BCUT2D eigenvalue weighted by atomic mass is 16.5. The van der Waals surface area contributed by atoms with Crippen LogP contribution in [0.2, 0.25) is 0 Å². The highest BCUT2D eigenvalue weighted by molar-refractivity contribution is 5.97. The van der Waals surface area contributed by atoms with E-state index in [2.05, 4.69) is 5.32 Å². The van der Waals surface area contributed by atoms with Gasteiger partial charge in [0.25, 0.3) is 5.91 Å². The summed E-state index contributed by atoms with van der Waals surface area (Å²) in [6.45, 7) is 2.57. The number of likely N-dealkylation sites (tertiary alicyclic amines) is 1. The number of nitrogens with zero attached hydrogens (tertiary/aromatic N) is 1. The topological polar surface area (TPSA) is 41.6 Å². The lowest BCUT2D eigenvalue weighted by Gasteiger charge is -2.33. The van der Waals surface area contributed by atoms with Crippen molar-refractivity contribution in [2.45, 2.75) is 12.8 Å². The number of para-hydroxylation sites is 2. The maximum absolute atomic E-state index is 13.0. The Kier molecular flexibility index (Phi) is 5.49. The van der Waals surface area contributed by atoms with E-state index in [-0.39, 0.29) is 5.91 Å². The average Bonchev–Trinajstić information content (AvgIpc) is 2.63. The van der Waals surface area contributed by atoms with Gasteiger partial charge in [0.15, 0.2) is 0 Å². The zero-order valence-corrected chi connectivity index (χ0v) is 14.1. The molecular weight excluding hydrogens is 300 g/mol. The van der Waals surface area contributed by atoms with Crippen molar-refractivity contribution >= 4 is 5.91 Å². The molecule has 4 heteroatoms. The zero-order chi connectivity index (χ0) is 16.8. The van der Waals surface area contributed by atoms with Crippen LogP contribution in [0.5, 0.6) is 11.5 Å². The first-order valence-electron chi connectivity index (χ1n) is 8.53. The Labute approximate surface area is 143 Å². The molecule has 2 aromatic carbocycles. The maximum Gasteiger partial charge on any atom is 0.257 e. The smallest absolute Gasteiger partial charge is 0.257 e. The number of amides is 1. The van der Waals surface area contributed by atoms with Gasteiger partial charge in [-0.05, 0) is 56.6 Å². The van der Waals surface area contributed by atoms with E-state index in [4.69, 9.17) is 4.74 Å². The summed E-state index contributed by atoms with van der Waals surface area (Å²) < 4.78 is 5.94. The van der Waals surface area contributed by atoms with Gasteiger partial charge in [-0.1, -0.05) is 30.3 Å². The van der Waals surface area contributed by atoms with Gasteiger partial charge in [-0.25, -0.2) is 0 Å². The molecule has 1 saturated heterocycles. The van der Waals surface area contributed by atoms with Crippen LogP contribution in [0.25, 0.3) is 0 Å². The van der Waals surface area contributed by atoms with E-state index in [1.807, 2.05) is 66.5 Å². The normalized spacial score (nSPS) is 17.5. The van der Waals surface area contributed by atoms with Crippen molar-refractivity contribution in [2.75, 3.05) is 26.7 Å². The van der Waals surface area contributed by atoms with Crippen molar-refractivity contribution in [3.05, 3.63) is 60.2 Å². The summed E-state index contributed by atoms with van der Waals surface area (Å²) in [5.74, 6) is 1.94. The molecule has 1 N–H and O–H groups in total. The van der Waals surface area contributed by atoms with E-state index in [0.29, 0.717) is 17.2 Å². The summed E-state index contributed by atoms with van der Waals surface area (Å²) in [5, 5.41) is 3.22. The molecular formula is C20H24N2O2. The molecule has 1 amide bonds. The van der Waals surface area contributed by atoms with E-state index in [9.17, 15) is 4.79 Å². The maximum atomic E-state index is 13.0. The summed E-state index contributed by atoms with van der Waals surface area (Å²) in [7, 11) is 1.96. The first kappa shape index (κ1) is 16.5. The summed E-state index contributed by atoms with van der Waals surface area (Å²) in [4.78, 5) is 14.9. The van der Waals surface area contributed by atoms with Gasteiger partial charge >= 0.3 is 0 Å². The molecule has 1 unspecified atom stereocenters. The van der Waals surface area contributed by atoms with Crippen molar-refractivity contribution in [1.82, 2.24) is 10.2 Å². The van der Waals surface area contributed by atoms with E-state index in [0.717, 1.165) is 31.8 Å². The second kappa shape index (κ2) is 7.97. The molecule has 126 valence electrons. The quantitative estimate of drug-likeness (QED) is 0.914. The Morgan fingerprint density at radius 3 is 2.71 bits per heavy atom. The lowest BCUT2D eigenvalue weighted by atomic mass is 9.97. The molecule has 2 aromatic rings. The van der Waals surface area contributed by atoms with Crippen molar-refractivity contribution in [3.63, 3.8) is 0 Å². The van der Waals surface area contributed by atoms with Crippen LogP contribution < -0.4 is 10.1 Å². The Morgan fingerprint density at radius 2 is 1.92 bits per heavy atom. The summed E-state index contributed by atoms with van der Waals surface area (Å²) in [5.41, 5.74) is 0.631.